The second kappa shape index (κ2) is 8.19. The van der Waals surface area contributed by atoms with E-state index < -0.39 is 11.1 Å². The third-order valence-electron chi connectivity index (χ3n) is 1.51. The summed E-state index contributed by atoms with van der Waals surface area (Å²) in [6.45, 7) is 2.19. The van der Waals surface area contributed by atoms with Gasteiger partial charge in [0.1, 0.15) is 0 Å². The molecule has 5 heteroatoms. The van der Waals surface area contributed by atoms with Crippen LogP contribution in [0, 0.1) is 0 Å². The van der Waals surface area contributed by atoms with Gasteiger partial charge in [0, 0.05) is 12.2 Å². The Balaban J connectivity index is 3.16. The molecule has 0 aromatic rings. The lowest BCUT2D eigenvalue weighted by molar-refractivity contribution is -0.143. The maximum atomic E-state index is 10.8. The van der Waals surface area contributed by atoms with Crippen LogP contribution in [0.2, 0.25) is 0 Å². The molecule has 1 unspecified atom stereocenters. The van der Waals surface area contributed by atoms with E-state index in [9.17, 15) is 9.00 Å². The SMILES string of the molecule is CCOC(=O)CCCCCS(=O)O. The molecule has 0 amide bonds. The standard InChI is InChI=1S/C8H16O4S/c1-2-12-8(9)6-4-3-5-7-13(10)11/h2-7H2,1H3,(H,10,11). The van der Waals surface area contributed by atoms with Crippen LogP contribution >= 0.6 is 0 Å². The number of hydrogen-bond donors (Lipinski definition) is 1. The van der Waals surface area contributed by atoms with Crippen molar-refractivity contribution in [2.45, 2.75) is 32.6 Å². The molecule has 4 nitrogen and oxygen atoms in total. The minimum atomic E-state index is -1.70. The molecule has 0 aliphatic carbocycles. The van der Waals surface area contributed by atoms with Crippen molar-refractivity contribution in [2.24, 2.45) is 0 Å². The van der Waals surface area contributed by atoms with Crippen LogP contribution < -0.4 is 0 Å². The van der Waals surface area contributed by atoms with Gasteiger partial charge in [-0.25, -0.2) is 4.21 Å². The average Bonchev–Trinajstić information content (AvgIpc) is 2.03. The Hall–Kier alpha value is -0.420. The molecule has 0 spiro atoms. The van der Waals surface area contributed by atoms with E-state index in [1.54, 1.807) is 6.92 Å². The first-order valence-corrected chi connectivity index (χ1v) is 5.67. The van der Waals surface area contributed by atoms with Crippen molar-refractivity contribution in [1.82, 2.24) is 0 Å². The van der Waals surface area contributed by atoms with Gasteiger partial charge in [0.05, 0.1) is 6.61 Å². The molecule has 0 aromatic heterocycles. The van der Waals surface area contributed by atoms with Crippen LogP contribution in [0.5, 0.6) is 0 Å². The zero-order chi connectivity index (χ0) is 10.1. The number of unbranched alkanes of at least 4 members (excludes halogenated alkanes) is 2. The van der Waals surface area contributed by atoms with Crippen LogP contribution in [0.25, 0.3) is 0 Å². The van der Waals surface area contributed by atoms with Crippen LogP contribution in [0.1, 0.15) is 32.6 Å². The third-order valence-corrected chi connectivity index (χ3v) is 2.14. The van der Waals surface area contributed by atoms with Crippen molar-refractivity contribution in [3.8, 4) is 0 Å². The van der Waals surface area contributed by atoms with Crippen LogP contribution in [-0.4, -0.2) is 27.1 Å². The Labute approximate surface area is 80.9 Å². The van der Waals surface area contributed by atoms with Crippen LogP contribution in [0.3, 0.4) is 0 Å². The van der Waals surface area contributed by atoms with Gasteiger partial charge in [0.25, 0.3) is 0 Å². The van der Waals surface area contributed by atoms with Gasteiger partial charge in [-0.1, -0.05) is 6.42 Å². The summed E-state index contributed by atoms with van der Waals surface area (Å²) in [4.78, 5) is 10.8. The summed E-state index contributed by atoms with van der Waals surface area (Å²) in [6.07, 6.45) is 2.62. The average molecular weight is 208 g/mol. The summed E-state index contributed by atoms with van der Waals surface area (Å²) in [5.41, 5.74) is 0. The second-order valence-corrected chi connectivity index (χ2v) is 3.69. The first-order chi connectivity index (χ1) is 6.16. The summed E-state index contributed by atoms with van der Waals surface area (Å²) in [5.74, 6) is 0.107. The Morgan fingerprint density at radius 2 is 2.08 bits per heavy atom. The zero-order valence-electron chi connectivity index (χ0n) is 7.82. The second-order valence-electron chi connectivity index (χ2n) is 2.64. The normalized spacial score (nSPS) is 12.5. The number of rotatable bonds is 7. The van der Waals surface area contributed by atoms with Gasteiger partial charge in [-0.3, -0.25) is 4.79 Å². The van der Waals surface area contributed by atoms with Gasteiger partial charge in [-0.15, -0.1) is 0 Å². The lowest BCUT2D eigenvalue weighted by atomic mass is 10.2. The van der Waals surface area contributed by atoms with Crippen molar-refractivity contribution >= 4 is 17.0 Å². The third kappa shape index (κ3) is 9.49. The van der Waals surface area contributed by atoms with Crippen molar-refractivity contribution in [3.63, 3.8) is 0 Å². The highest BCUT2D eigenvalue weighted by Crippen LogP contribution is 2.01. The molecular formula is C8H16O4S. The number of carbonyl (C=O) groups excluding carboxylic acids is 1. The first kappa shape index (κ1) is 12.6. The van der Waals surface area contributed by atoms with E-state index in [4.69, 9.17) is 9.29 Å². The van der Waals surface area contributed by atoms with Crippen molar-refractivity contribution < 1.29 is 18.3 Å². The van der Waals surface area contributed by atoms with Gasteiger partial charge in [0.15, 0.2) is 11.1 Å². The highest BCUT2D eigenvalue weighted by atomic mass is 32.2. The number of esters is 1. The number of carbonyl (C=O) groups is 1. The maximum Gasteiger partial charge on any atom is 0.305 e. The summed E-state index contributed by atoms with van der Waals surface area (Å²) in [5, 5.41) is 0. The highest BCUT2D eigenvalue weighted by molar-refractivity contribution is 7.79. The topological polar surface area (TPSA) is 63.6 Å². The first-order valence-electron chi connectivity index (χ1n) is 4.40. The summed E-state index contributed by atoms with van der Waals surface area (Å²) >= 11 is -1.70. The largest absolute Gasteiger partial charge is 0.466 e. The van der Waals surface area contributed by atoms with Crippen LogP contribution in [0.15, 0.2) is 0 Å². The Kier molecular flexibility index (Phi) is 7.93. The highest BCUT2D eigenvalue weighted by Gasteiger charge is 2.01. The molecule has 0 heterocycles. The molecule has 0 aliphatic rings. The molecule has 0 saturated heterocycles. The lowest BCUT2D eigenvalue weighted by Gasteiger charge is -2.00. The predicted molar refractivity (Wildman–Crippen MR) is 50.7 cm³/mol. The maximum absolute atomic E-state index is 10.8. The van der Waals surface area contributed by atoms with Crippen molar-refractivity contribution in [1.29, 1.82) is 0 Å². The van der Waals surface area contributed by atoms with E-state index in [2.05, 4.69) is 0 Å². The fourth-order valence-electron chi connectivity index (χ4n) is 0.905. The predicted octanol–water partition coefficient (Wildman–Crippen LogP) is 1.33. The lowest BCUT2D eigenvalue weighted by Crippen LogP contribution is -2.03. The molecule has 0 bridgehead atoms. The van der Waals surface area contributed by atoms with Gasteiger partial charge < -0.3 is 9.29 Å². The molecule has 13 heavy (non-hydrogen) atoms. The summed E-state index contributed by atoms with van der Waals surface area (Å²) in [7, 11) is 0. The van der Waals surface area contributed by atoms with Gasteiger partial charge in [-0.05, 0) is 19.8 Å². The quantitative estimate of drug-likeness (QED) is 0.389. The fourth-order valence-corrected chi connectivity index (χ4v) is 1.36. The van der Waals surface area contributed by atoms with E-state index in [0.717, 1.165) is 12.8 Å². The summed E-state index contributed by atoms with van der Waals surface area (Å²) < 4.78 is 23.4. The molecule has 0 saturated carbocycles. The number of hydrogen-bond acceptors (Lipinski definition) is 3. The van der Waals surface area contributed by atoms with Gasteiger partial charge in [-0.2, -0.15) is 0 Å². The fraction of sp³-hybridized carbons (Fsp3) is 0.875. The molecule has 0 aliphatic heterocycles. The minimum Gasteiger partial charge on any atom is -0.466 e. The van der Waals surface area contributed by atoms with E-state index >= 15 is 0 Å². The van der Waals surface area contributed by atoms with E-state index in [1.165, 1.54) is 0 Å². The van der Waals surface area contributed by atoms with Gasteiger partial charge in [0.2, 0.25) is 0 Å². The Morgan fingerprint density at radius 1 is 1.38 bits per heavy atom. The number of ether oxygens (including phenoxy) is 1. The Morgan fingerprint density at radius 3 is 2.62 bits per heavy atom. The van der Waals surface area contributed by atoms with Crippen molar-refractivity contribution in [2.75, 3.05) is 12.4 Å². The van der Waals surface area contributed by atoms with E-state index in [-0.39, 0.29) is 5.97 Å². The zero-order valence-corrected chi connectivity index (χ0v) is 8.64. The van der Waals surface area contributed by atoms with E-state index in [0.29, 0.717) is 25.2 Å². The molecule has 1 atom stereocenters. The molecule has 1 N–H and O–H groups in total. The van der Waals surface area contributed by atoms with Crippen molar-refractivity contribution in [3.05, 3.63) is 0 Å². The smallest absolute Gasteiger partial charge is 0.305 e. The van der Waals surface area contributed by atoms with Crippen LogP contribution in [-0.2, 0) is 20.6 Å². The van der Waals surface area contributed by atoms with Crippen LogP contribution in [0.4, 0.5) is 0 Å². The molecule has 78 valence electrons. The molecule has 0 fully saturated rings. The molecule has 0 radical (unpaired) electrons. The summed E-state index contributed by atoms with van der Waals surface area (Å²) in [6, 6.07) is 0. The monoisotopic (exact) mass is 208 g/mol. The van der Waals surface area contributed by atoms with E-state index in [1.807, 2.05) is 0 Å². The molecule has 0 rings (SSSR count). The molecular weight excluding hydrogens is 192 g/mol. The van der Waals surface area contributed by atoms with Gasteiger partial charge >= 0.3 is 5.97 Å². The molecule has 0 aromatic carbocycles. The minimum absolute atomic E-state index is 0.187. The Bertz CT molecular complexity index is 170.